The van der Waals surface area contributed by atoms with E-state index in [0.717, 1.165) is 6.42 Å². The third-order valence-electron chi connectivity index (χ3n) is 4.10. The average molecular weight is 396 g/mol. The number of amides is 1. The zero-order valence-electron chi connectivity index (χ0n) is 15.6. The van der Waals surface area contributed by atoms with Crippen LogP contribution in [0.25, 0.3) is 0 Å². The monoisotopic (exact) mass is 395 g/mol. The zero-order chi connectivity index (χ0) is 19.8. The number of ether oxygens (including phenoxy) is 2. The van der Waals surface area contributed by atoms with E-state index in [2.05, 4.69) is 17.4 Å². The Morgan fingerprint density at radius 2 is 1.71 bits per heavy atom. The van der Waals surface area contributed by atoms with E-state index in [1.165, 1.54) is 5.56 Å². The Kier molecular flexibility index (Phi) is 6.93. The minimum atomic E-state index is -0.649. The van der Waals surface area contributed by atoms with Gasteiger partial charge in [-0.3, -0.25) is 4.79 Å². The highest BCUT2D eigenvalue weighted by Gasteiger charge is 2.15. The molecular weight excluding hydrogens is 374 g/mol. The van der Waals surface area contributed by atoms with Gasteiger partial charge in [-0.1, -0.05) is 48.0 Å². The van der Waals surface area contributed by atoms with E-state index in [9.17, 15) is 4.79 Å². The van der Waals surface area contributed by atoms with Crippen LogP contribution < -0.4 is 14.8 Å². The summed E-state index contributed by atoms with van der Waals surface area (Å²) in [5.41, 5.74) is 1.88. The summed E-state index contributed by atoms with van der Waals surface area (Å²) in [5, 5.41) is 3.47. The summed E-state index contributed by atoms with van der Waals surface area (Å²) < 4.78 is 11.4. The van der Waals surface area contributed by atoms with Gasteiger partial charge in [-0.25, -0.2) is 0 Å². The topological polar surface area (TPSA) is 47.6 Å². The van der Waals surface area contributed by atoms with Crippen LogP contribution in [0.3, 0.4) is 0 Å². The molecule has 0 saturated carbocycles. The van der Waals surface area contributed by atoms with Gasteiger partial charge in [0.05, 0.1) is 6.61 Å². The number of anilines is 1. The summed E-state index contributed by atoms with van der Waals surface area (Å²) >= 11 is 5.86. The minimum absolute atomic E-state index is 0.239. The van der Waals surface area contributed by atoms with Gasteiger partial charge in [0.1, 0.15) is 11.5 Å². The van der Waals surface area contributed by atoms with Crippen LogP contribution in [0, 0.1) is 0 Å². The summed E-state index contributed by atoms with van der Waals surface area (Å²) in [5.74, 6) is 1.06. The molecule has 0 fully saturated rings. The van der Waals surface area contributed by atoms with Crippen LogP contribution in [-0.4, -0.2) is 18.6 Å². The maximum absolute atomic E-state index is 12.4. The molecule has 0 saturated heterocycles. The number of halogens is 1. The molecule has 0 aliphatic carbocycles. The lowest BCUT2D eigenvalue weighted by atomic mass is 10.2. The van der Waals surface area contributed by atoms with Crippen molar-refractivity contribution < 1.29 is 14.3 Å². The molecule has 1 N–H and O–H groups in total. The van der Waals surface area contributed by atoms with E-state index in [1.807, 2.05) is 36.4 Å². The van der Waals surface area contributed by atoms with Gasteiger partial charge in [0.15, 0.2) is 6.10 Å². The van der Waals surface area contributed by atoms with Gasteiger partial charge in [0, 0.05) is 23.2 Å². The van der Waals surface area contributed by atoms with Crippen LogP contribution >= 0.6 is 11.6 Å². The van der Waals surface area contributed by atoms with Crippen molar-refractivity contribution in [1.29, 1.82) is 0 Å². The molecule has 3 aromatic carbocycles. The fourth-order valence-electron chi connectivity index (χ4n) is 2.61. The average Bonchev–Trinajstić information content (AvgIpc) is 2.71. The highest BCUT2D eigenvalue weighted by atomic mass is 35.5. The molecule has 28 heavy (non-hydrogen) atoms. The van der Waals surface area contributed by atoms with Crippen molar-refractivity contribution in [3.8, 4) is 11.5 Å². The Bertz CT molecular complexity index is 897. The predicted octanol–water partition coefficient (Wildman–Crippen LogP) is 5.37. The number of hydrogen-bond acceptors (Lipinski definition) is 3. The standard InChI is InChI=1S/C23H22ClNO3/c1-17(28-21-12-10-19(24)11-13-21)23(26)25-20-8-5-9-22(16-20)27-15-14-18-6-3-2-4-7-18/h2-13,16-17H,14-15H2,1H3,(H,25,26). The van der Waals surface area contributed by atoms with Gasteiger partial charge in [-0.2, -0.15) is 0 Å². The summed E-state index contributed by atoms with van der Waals surface area (Å²) in [6.45, 7) is 2.27. The second-order valence-corrected chi connectivity index (χ2v) is 6.75. The van der Waals surface area contributed by atoms with Crippen LogP contribution in [0.15, 0.2) is 78.9 Å². The van der Waals surface area contributed by atoms with Crippen molar-refractivity contribution >= 4 is 23.2 Å². The molecule has 0 radical (unpaired) electrons. The van der Waals surface area contributed by atoms with Crippen molar-refractivity contribution in [3.63, 3.8) is 0 Å². The second kappa shape index (κ2) is 9.81. The number of hydrogen-bond donors (Lipinski definition) is 1. The van der Waals surface area contributed by atoms with Crippen LogP contribution in [0.1, 0.15) is 12.5 Å². The van der Waals surface area contributed by atoms with Crippen molar-refractivity contribution in [2.75, 3.05) is 11.9 Å². The van der Waals surface area contributed by atoms with Crippen LogP contribution in [-0.2, 0) is 11.2 Å². The number of benzene rings is 3. The number of carbonyl (C=O) groups excluding carboxylic acids is 1. The minimum Gasteiger partial charge on any atom is -0.493 e. The smallest absolute Gasteiger partial charge is 0.265 e. The number of carbonyl (C=O) groups is 1. The van der Waals surface area contributed by atoms with E-state index in [-0.39, 0.29) is 5.91 Å². The molecule has 1 atom stereocenters. The molecule has 3 rings (SSSR count). The maximum Gasteiger partial charge on any atom is 0.265 e. The first kappa shape index (κ1) is 19.8. The molecule has 0 spiro atoms. The van der Waals surface area contributed by atoms with Gasteiger partial charge in [0.25, 0.3) is 5.91 Å². The Morgan fingerprint density at radius 1 is 0.964 bits per heavy atom. The fraction of sp³-hybridized carbons (Fsp3) is 0.174. The lowest BCUT2D eigenvalue weighted by molar-refractivity contribution is -0.122. The van der Waals surface area contributed by atoms with Gasteiger partial charge >= 0.3 is 0 Å². The van der Waals surface area contributed by atoms with E-state index >= 15 is 0 Å². The van der Waals surface area contributed by atoms with E-state index < -0.39 is 6.10 Å². The Hall–Kier alpha value is -2.98. The third-order valence-corrected chi connectivity index (χ3v) is 4.35. The molecular formula is C23H22ClNO3. The zero-order valence-corrected chi connectivity index (χ0v) is 16.4. The van der Waals surface area contributed by atoms with Crippen molar-refractivity contribution in [1.82, 2.24) is 0 Å². The Balaban J connectivity index is 1.51. The first-order valence-corrected chi connectivity index (χ1v) is 9.48. The van der Waals surface area contributed by atoms with Gasteiger partial charge < -0.3 is 14.8 Å². The maximum atomic E-state index is 12.4. The SMILES string of the molecule is CC(Oc1ccc(Cl)cc1)C(=O)Nc1cccc(OCCc2ccccc2)c1. The van der Waals surface area contributed by atoms with E-state index in [0.29, 0.717) is 28.8 Å². The van der Waals surface area contributed by atoms with Crippen molar-refractivity contribution in [2.45, 2.75) is 19.4 Å². The highest BCUT2D eigenvalue weighted by molar-refractivity contribution is 6.30. The summed E-state index contributed by atoms with van der Waals surface area (Å²) in [6, 6.07) is 24.4. The molecule has 1 amide bonds. The molecule has 4 nitrogen and oxygen atoms in total. The first-order valence-electron chi connectivity index (χ1n) is 9.10. The van der Waals surface area contributed by atoms with Crippen LogP contribution in [0.5, 0.6) is 11.5 Å². The molecule has 0 aliphatic heterocycles. The summed E-state index contributed by atoms with van der Waals surface area (Å²) in [4.78, 5) is 12.4. The number of nitrogens with one attached hydrogen (secondary N) is 1. The highest BCUT2D eigenvalue weighted by Crippen LogP contribution is 2.20. The third kappa shape index (κ3) is 6.03. The van der Waals surface area contributed by atoms with E-state index in [1.54, 1.807) is 37.3 Å². The molecule has 3 aromatic rings. The van der Waals surface area contributed by atoms with Crippen LogP contribution in [0.2, 0.25) is 5.02 Å². The van der Waals surface area contributed by atoms with Gasteiger partial charge in [-0.05, 0) is 48.9 Å². The Morgan fingerprint density at radius 3 is 2.46 bits per heavy atom. The lowest BCUT2D eigenvalue weighted by Gasteiger charge is -2.15. The summed E-state index contributed by atoms with van der Waals surface area (Å²) in [7, 11) is 0. The molecule has 5 heteroatoms. The van der Waals surface area contributed by atoms with Crippen molar-refractivity contribution in [3.05, 3.63) is 89.4 Å². The molecule has 0 bridgehead atoms. The summed E-state index contributed by atoms with van der Waals surface area (Å²) in [6.07, 6.45) is 0.174. The Labute approximate surface area is 170 Å². The first-order chi connectivity index (χ1) is 13.6. The molecule has 0 heterocycles. The van der Waals surface area contributed by atoms with Gasteiger partial charge in [0.2, 0.25) is 0 Å². The van der Waals surface area contributed by atoms with Crippen LogP contribution in [0.4, 0.5) is 5.69 Å². The lowest BCUT2D eigenvalue weighted by Crippen LogP contribution is -2.30. The number of rotatable bonds is 8. The van der Waals surface area contributed by atoms with Crippen molar-refractivity contribution in [2.24, 2.45) is 0 Å². The molecule has 0 aliphatic rings. The van der Waals surface area contributed by atoms with Gasteiger partial charge in [-0.15, -0.1) is 0 Å². The van der Waals surface area contributed by atoms with E-state index in [4.69, 9.17) is 21.1 Å². The fourth-order valence-corrected chi connectivity index (χ4v) is 2.74. The normalized spacial score (nSPS) is 11.5. The largest absolute Gasteiger partial charge is 0.493 e. The molecule has 144 valence electrons. The predicted molar refractivity (Wildman–Crippen MR) is 112 cm³/mol. The second-order valence-electron chi connectivity index (χ2n) is 6.32. The molecule has 0 aromatic heterocycles. The molecule has 1 unspecified atom stereocenters. The quantitative estimate of drug-likeness (QED) is 0.558.